The van der Waals surface area contributed by atoms with Crippen molar-refractivity contribution in [2.45, 2.75) is 44.6 Å². The van der Waals surface area contributed by atoms with Crippen LogP contribution in [0.5, 0.6) is 0 Å². The van der Waals surface area contributed by atoms with Gasteiger partial charge in [0.2, 0.25) is 5.91 Å². The summed E-state index contributed by atoms with van der Waals surface area (Å²) in [6.07, 6.45) is 7.55. The second kappa shape index (κ2) is 6.93. The molecule has 0 aliphatic heterocycles. The molecule has 1 aliphatic carbocycles. The fourth-order valence-electron chi connectivity index (χ4n) is 3.98. The predicted molar refractivity (Wildman–Crippen MR) is 92.5 cm³/mol. The van der Waals surface area contributed by atoms with E-state index in [4.69, 9.17) is 17.3 Å². The van der Waals surface area contributed by atoms with Crippen LogP contribution in [0.1, 0.15) is 43.6 Å². The van der Waals surface area contributed by atoms with E-state index in [1.54, 1.807) is 0 Å². The van der Waals surface area contributed by atoms with Crippen molar-refractivity contribution in [2.75, 3.05) is 6.61 Å². The number of carbonyl (C=O) groups is 1. The minimum Gasteiger partial charge on any atom is -0.395 e. The summed E-state index contributed by atoms with van der Waals surface area (Å²) in [5, 5.41) is 10.8. The van der Waals surface area contributed by atoms with Gasteiger partial charge in [-0.25, -0.2) is 0 Å². The number of aliphatic hydroxyl groups excluding tert-OH is 1. The molecule has 1 amide bonds. The molecule has 1 aromatic carbocycles. The van der Waals surface area contributed by atoms with Crippen molar-refractivity contribution in [1.82, 2.24) is 4.57 Å². The van der Waals surface area contributed by atoms with Crippen molar-refractivity contribution in [3.05, 3.63) is 35.0 Å². The van der Waals surface area contributed by atoms with E-state index in [2.05, 4.69) is 0 Å². The number of hydrogen-bond donors (Lipinski definition) is 2. The largest absolute Gasteiger partial charge is 0.395 e. The lowest BCUT2D eigenvalue weighted by molar-refractivity contribution is -0.120. The summed E-state index contributed by atoms with van der Waals surface area (Å²) >= 11 is 6.44. The summed E-state index contributed by atoms with van der Waals surface area (Å²) in [5.74, 6) is -0.303. The summed E-state index contributed by atoms with van der Waals surface area (Å²) in [6, 6.07) is 5.71. The number of halogens is 1. The molecule has 1 fully saturated rings. The number of nitrogens with two attached hydrogens (primary N) is 1. The number of aliphatic hydroxyl groups is 1. The molecule has 3 N–H and O–H groups in total. The molecule has 1 atom stereocenters. The maximum Gasteiger partial charge on any atom is 0.225 e. The van der Waals surface area contributed by atoms with Crippen molar-refractivity contribution >= 4 is 28.4 Å². The van der Waals surface area contributed by atoms with Crippen LogP contribution in [0.25, 0.3) is 10.9 Å². The van der Waals surface area contributed by atoms with Crippen LogP contribution in [0, 0.1) is 5.92 Å². The molecule has 0 spiro atoms. The summed E-state index contributed by atoms with van der Waals surface area (Å²) in [4.78, 5) is 12.2. The second-order valence-electron chi connectivity index (χ2n) is 6.41. The van der Waals surface area contributed by atoms with Gasteiger partial charge in [-0.3, -0.25) is 4.79 Å². The van der Waals surface area contributed by atoms with Gasteiger partial charge in [0.1, 0.15) is 0 Å². The summed E-state index contributed by atoms with van der Waals surface area (Å²) < 4.78 is 1.97. The molecule has 124 valence electrons. The number of nitrogens with zero attached hydrogens (tertiary/aromatic N) is 1. The lowest BCUT2D eigenvalue weighted by Crippen LogP contribution is -2.29. The number of hydrogen-bond acceptors (Lipinski definition) is 2. The number of benzene rings is 1. The van der Waals surface area contributed by atoms with E-state index in [1.165, 1.54) is 6.42 Å². The SMILES string of the molecule is NC(=O)C(c1cn(CCO)c2cccc(Cl)c12)C1CCCCC1. The Bertz CT molecular complexity index is 704. The van der Waals surface area contributed by atoms with E-state index < -0.39 is 0 Å². The van der Waals surface area contributed by atoms with Crippen LogP contribution in [0.3, 0.4) is 0 Å². The minimum absolute atomic E-state index is 0.0421. The van der Waals surface area contributed by atoms with E-state index in [0.717, 1.165) is 42.1 Å². The quantitative estimate of drug-likeness (QED) is 0.879. The first-order valence-electron chi connectivity index (χ1n) is 8.31. The fraction of sp³-hybridized carbons (Fsp3) is 0.500. The molecule has 1 heterocycles. The van der Waals surface area contributed by atoms with Crippen LogP contribution in [0.2, 0.25) is 5.02 Å². The normalized spacial score (nSPS) is 17.5. The van der Waals surface area contributed by atoms with Gasteiger partial charge >= 0.3 is 0 Å². The molecule has 1 unspecified atom stereocenters. The fourth-order valence-corrected chi connectivity index (χ4v) is 4.25. The summed E-state index contributed by atoms with van der Waals surface area (Å²) in [7, 11) is 0. The van der Waals surface area contributed by atoms with Crippen LogP contribution < -0.4 is 5.73 Å². The zero-order valence-corrected chi connectivity index (χ0v) is 13.9. The molecular formula is C18H23ClN2O2. The molecule has 5 heteroatoms. The molecule has 1 aliphatic rings. The van der Waals surface area contributed by atoms with Crippen molar-refractivity contribution in [2.24, 2.45) is 11.7 Å². The molecule has 1 saturated carbocycles. The number of amides is 1. The van der Waals surface area contributed by atoms with E-state index in [-0.39, 0.29) is 24.3 Å². The molecule has 0 saturated heterocycles. The van der Waals surface area contributed by atoms with Gasteiger partial charge in [0, 0.05) is 23.6 Å². The van der Waals surface area contributed by atoms with Crippen molar-refractivity contribution in [3.8, 4) is 0 Å². The summed E-state index contributed by atoms with van der Waals surface area (Å²) in [6.45, 7) is 0.521. The maximum absolute atomic E-state index is 12.2. The molecule has 2 aromatic rings. The Morgan fingerprint density at radius 3 is 2.74 bits per heavy atom. The average molecular weight is 335 g/mol. The maximum atomic E-state index is 12.2. The van der Waals surface area contributed by atoms with Gasteiger partial charge in [-0.05, 0) is 36.5 Å². The Hall–Kier alpha value is -1.52. The van der Waals surface area contributed by atoms with Gasteiger partial charge in [-0.1, -0.05) is 36.9 Å². The highest BCUT2D eigenvalue weighted by atomic mass is 35.5. The van der Waals surface area contributed by atoms with Crippen molar-refractivity contribution in [3.63, 3.8) is 0 Å². The third-order valence-electron chi connectivity index (χ3n) is 4.99. The van der Waals surface area contributed by atoms with Crippen LogP contribution in [-0.2, 0) is 11.3 Å². The Labute approximate surface area is 141 Å². The van der Waals surface area contributed by atoms with Crippen LogP contribution in [0.4, 0.5) is 0 Å². The average Bonchev–Trinajstić information content (AvgIpc) is 2.89. The number of fused-ring (bicyclic) bond motifs is 1. The smallest absolute Gasteiger partial charge is 0.225 e. The Balaban J connectivity index is 2.13. The van der Waals surface area contributed by atoms with E-state index in [1.807, 2.05) is 29.0 Å². The third-order valence-corrected chi connectivity index (χ3v) is 5.30. The van der Waals surface area contributed by atoms with Crippen LogP contribution >= 0.6 is 11.6 Å². The van der Waals surface area contributed by atoms with Crippen molar-refractivity contribution in [1.29, 1.82) is 0 Å². The lowest BCUT2D eigenvalue weighted by atomic mass is 9.76. The highest BCUT2D eigenvalue weighted by Gasteiger charge is 2.32. The molecule has 23 heavy (non-hydrogen) atoms. The Morgan fingerprint density at radius 1 is 1.35 bits per heavy atom. The molecule has 1 aromatic heterocycles. The van der Waals surface area contributed by atoms with Crippen molar-refractivity contribution < 1.29 is 9.90 Å². The molecule has 0 radical (unpaired) electrons. The first kappa shape index (κ1) is 16.3. The summed E-state index contributed by atoms with van der Waals surface area (Å²) in [5.41, 5.74) is 7.65. The van der Waals surface area contributed by atoms with Gasteiger partial charge in [-0.2, -0.15) is 0 Å². The number of carbonyl (C=O) groups excluding carboxylic acids is 1. The Morgan fingerprint density at radius 2 is 2.09 bits per heavy atom. The number of aromatic nitrogens is 1. The molecule has 0 bridgehead atoms. The van der Waals surface area contributed by atoms with Gasteiger partial charge in [0.25, 0.3) is 0 Å². The number of primary amides is 1. The third kappa shape index (κ3) is 3.10. The first-order valence-corrected chi connectivity index (χ1v) is 8.68. The number of rotatable bonds is 5. The van der Waals surface area contributed by atoms with Gasteiger partial charge in [-0.15, -0.1) is 0 Å². The van der Waals surface area contributed by atoms with Crippen LogP contribution in [-0.4, -0.2) is 22.2 Å². The first-order chi connectivity index (χ1) is 11.1. The second-order valence-corrected chi connectivity index (χ2v) is 6.82. The monoisotopic (exact) mass is 334 g/mol. The zero-order valence-electron chi connectivity index (χ0n) is 13.2. The molecular weight excluding hydrogens is 312 g/mol. The highest BCUT2D eigenvalue weighted by Crippen LogP contribution is 2.41. The topological polar surface area (TPSA) is 68.2 Å². The molecule has 3 rings (SSSR count). The lowest BCUT2D eigenvalue weighted by Gasteiger charge is -2.28. The Kier molecular flexibility index (Phi) is 4.93. The van der Waals surface area contributed by atoms with Crippen LogP contribution in [0.15, 0.2) is 24.4 Å². The zero-order chi connectivity index (χ0) is 16.4. The minimum atomic E-state index is -0.308. The van der Waals surface area contributed by atoms with Gasteiger partial charge in [0.15, 0.2) is 0 Å². The van der Waals surface area contributed by atoms with E-state index in [9.17, 15) is 9.90 Å². The van der Waals surface area contributed by atoms with E-state index >= 15 is 0 Å². The van der Waals surface area contributed by atoms with Gasteiger partial charge < -0.3 is 15.4 Å². The van der Waals surface area contributed by atoms with Gasteiger partial charge in [0.05, 0.1) is 17.5 Å². The molecule has 4 nitrogen and oxygen atoms in total. The van der Waals surface area contributed by atoms with E-state index in [0.29, 0.717) is 11.6 Å². The standard InChI is InChI=1S/C18H23ClN2O2/c19-14-7-4-8-15-17(14)13(11-21(15)9-10-22)16(18(20)23)12-5-2-1-3-6-12/h4,7-8,11-12,16,22H,1-3,5-6,9-10H2,(H2,20,23). The predicted octanol–water partition coefficient (Wildman–Crippen LogP) is 3.44. The highest BCUT2D eigenvalue weighted by molar-refractivity contribution is 6.35.